The smallest absolute Gasteiger partial charge is 0.289 e. The average Bonchev–Trinajstić information content (AvgIpc) is 3.41. The molecule has 2 amide bonds. The Kier molecular flexibility index (Phi) is 6.34. The highest BCUT2D eigenvalue weighted by Crippen LogP contribution is 2.24. The highest BCUT2D eigenvalue weighted by atomic mass is 16.3. The zero-order chi connectivity index (χ0) is 21.8. The van der Waals surface area contributed by atoms with Gasteiger partial charge in [0, 0.05) is 30.6 Å². The van der Waals surface area contributed by atoms with E-state index in [1.807, 2.05) is 54.6 Å². The lowest BCUT2D eigenvalue weighted by atomic mass is 10.0. The number of para-hydroxylation sites is 1. The van der Waals surface area contributed by atoms with Crippen LogP contribution in [0.4, 0.5) is 0 Å². The summed E-state index contributed by atoms with van der Waals surface area (Å²) in [5, 5.41) is 3.88. The summed E-state index contributed by atoms with van der Waals surface area (Å²) >= 11 is 0. The number of amides is 2. The van der Waals surface area contributed by atoms with Crippen LogP contribution in [-0.4, -0.2) is 47.9 Å². The molecule has 2 aromatic carbocycles. The van der Waals surface area contributed by atoms with Crippen LogP contribution in [0.25, 0.3) is 11.0 Å². The zero-order valence-corrected chi connectivity index (χ0v) is 17.4. The molecule has 1 aliphatic heterocycles. The van der Waals surface area contributed by atoms with Gasteiger partial charge in [-0.15, -0.1) is 0 Å². The van der Waals surface area contributed by atoms with Crippen molar-refractivity contribution in [3.8, 4) is 0 Å². The van der Waals surface area contributed by atoms with Crippen molar-refractivity contribution >= 4 is 22.8 Å². The summed E-state index contributed by atoms with van der Waals surface area (Å²) in [4.78, 5) is 27.3. The van der Waals surface area contributed by atoms with Gasteiger partial charge in [0.05, 0.1) is 6.04 Å². The lowest BCUT2D eigenvalue weighted by molar-refractivity contribution is -0.123. The normalized spacial score (nSPS) is 19.5. The van der Waals surface area contributed by atoms with Crippen LogP contribution in [0.15, 0.2) is 65.1 Å². The van der Waals surface area contributed by atoms with Gasteiger partial charge in [0.15, 0.2) is 5.76 Å². The molecule has 3 aromatic rings. The van der Waals surface area contributed by atoms with Crippen molar-refractivity contribution < 1.29 is 14.0 Å². The number of likely N-dealkylation sites (tertiary alicyclic amines) is 1. The van der Waals surface area contributed by atoms with E-state index in [0.29, 0.717) is 31.5 Å². The van der Waals surface area contributed by atoms with Gasteiger partial charge < -0.3 is 26.1 Å². The first kappa shape index (κ1) is 21.1. The second-order valence-electron chi connectivity index (χ2n) is 8.07. The standard InChI is InChI=1S/C24H28N4O3/c25-14-19-13-18(27-23(29)20(26)11-10-16-6-2-1-3-7-16)15-28(19)24(30)22-12-17-8-4-5-9-21(17)31-22/h1-9,12,18-20H,10-11,13-15,25-26H2,(H,27,29)/t18-,19-,20-/m0/s1. The summed E-state index contributed by atoms with van der Waals surface area (Å²) in [7, 11) is 0. The van der Waals surface area contributed by atoms with Crippen LogP contribution in [0, 0.1) is 0 Å². The maximum atomic E-state index is 13.0. The first-order valence-electron chi connectivity index (χ1n) is 10.6. The van der Waals surface area contributed by atoms with Crippen LogP contribution in [0.3, 0.4) is 0 Å². The fourth-order valence-electron chi connectivity index (χ4n) is 4.13. The van der Waals surface area contributed by atoms with Crippen LogP contribution >= 0.6 is 0 Å². The average molecular weight is 421 g/mol. The lowest BCUT2D eigenvalue weighted by Crippen LogP contribution is -2.46. The Morgan fingerprint density at radius 1 is 1.13 bits per heavy atom. The number of nitrogens with two attached hydrogens (primary N) is 2. The van der Waals surface area contributed by atoms with Gasteiger partial charge in [-0.05, 0) is 37.0 Å². The second kappa shape index (κ2) is 9.32. The molecule has 0 unspecified atom stereocenters. The summed E-state index contributed by atoms with van der Waals surface area (Å²) in [5.74, 6) is -0.127. The summed E-state index contributed by atoms with van der Waals surface area (Å²) in [6.07, 6.45) is 1.90. The fraction of sp³-hybridized carbons (Fsp3) is 0.333. The summed E-state index contributed by atoms with van der Waals surface area (Å²) < 4.78 is 5.72. The highest BCUT2D eigenvalue weighted by molar-refractivity contribution is 5.96. The van der Waals surface area contributed by atoms with E-state index >= 15 is 0 Å². The van der Waals surface area contributed by atoms with E-state index in [-0.39, 0.29) is 29.7 Å². The first-order valence-corrected chi connectivity index (χ1v) is 10.6. The van der Waals surface area contributed by atoms with Crippen LogP contribution in [-0.2, 0) is 11.2 Å². The van der Waals surface area contributed by atoms with Gasteiger partial charge in [0.2, 0.25) is 5.91 Å². The largest absolute Gasteiger partial charge is 0.451 e. The van der Waals surface area contributed by atoms with Crippen LogP contribution < -0.4 is 16.8 Å². The van der Waals surface area contributed by atoms with E-state index in [9.17, 15) is 9.59 Å². The SMILES string of the molecule is NC[C@@H]1C[C@H](NC(=O)[C@@H](N)CCc2ccccc2)CN1C(=O)c1cc2ccccc2o1. The molecule has 7 nitrogen and oxygen atoms in total. The Balaban J connectivity index is 1.36. The maximum absolute atomic E-state index is 13.0. The molecular weight excluding hydrogens is 392 g/mol. The first-order chi connectivity index (χ1) is 15.0. The number of hydrogen-bond donors (Lipinski definition) is 3. The van der Waals surface area contributed by atoms with E-state index in [4.69, 9.17) is 15.9 Å². The third kappa shape index (κ3) is 4.78. The molecular formula is C24H28N4O3. The molecule has 31 heavy (non-hydrogen) atoms. The van der Waals surface area contributed by atoms with Gasteiger partial charge in [-0.25, -0.2) is 0 Å². The Labute approximate surface area is 181 Å². The van der Waals surface area contributed by atoms with E-state index in [2.05, 4.69) is 5.32 Å². The third-order valence-corrected chi connectivity index (χ3v) is 5.85. The zero-order valence-electron chi connectivity index (χ0n) is 17.4. The van der Waals surface area contributed by atoms with Gasteiger partial charge in [-0.3, -0.25) is 9.59 Å². The van der Waals surface area contributed by atoms with E-state index in [1.54, 1.807) is 11.0 Å². The van der Waals surface area contributed by atoms with Crippen molar-refractivity contribution in [1.29, 1.82) is 0 Å². The van der Waals surface area contributed by atoms with E-state index in [1.165, 1.54) is 0 Å². The number of hydrogen-bond acceptors (Lipinski definition) is 5. The van der Waals surface area contributed by atoms with Crippen molar-refractivity contribution in [2.75, 3.05) is 13.1 Å². The van der Waals surface area contributed by atoms with Crippen molar-refractivity contribution in [3.63, 3.8) is 0 Å². The molecule has 1 saturated heterocycles. The van der Waals surface area contributed by atoms with E-state index in [0.717, 1.165) is 17.4 Å². The number of nitrogens with zero attached hydrogens (tertiary/aromatic N) is 1. The summed E-state index contributed by atoms with van der Waals surface area (Å²) in [5.41, 5.74) is 13.8. The van der Waals surface area contributed by atoms with Crippen LogP contribution in [0.2, 0.25) is 0 Å². The molecule has 0 spiro atoms. The Morgan fingerprint density at radius 3 is 2.61 bits per heavy atom. The molecule has 0 saturated carbocycles. The monoisotopic (exact) mass is 420 g/mol. The number of fused-ring (bicyclic) bond motifs is 1. The fourth-order valence-corrected chi connectivity index (χ4v) is 4.13. The molecule has 5 N–H and O–H groups in total. The minimum atomic E-state index is -0.600. The molecule has 0 bridgehead atoms. The highest BCUT2D eigenvalue weighted by Gasteiger charge is 2.37. The molecule has 0 radical (unpaired) electrons. The Hall–Kier alpha value is -3.16. The summed E-state index contributed by atoms with van der Waals surface area (Å²) in [6.45, 7) is 0.702. The van der Waals surface area contributed by atoms with Gasteiger partial charge in [0.1, 0.15) is 5.58 Å². The maximum Gasteiger partial charge on any atom is 0.289 e. The Morgan fingerprint density at radius 2 is 1.87 bits per heavy atom. The molecule has 162 valence electrons. The van der Waals surface area contributed by atoms with Crippen molar-refractivity contribution in [2.45, 2.75) is 37.4 Å². The second-order valence-corrected chi connectivity index (χ2v) is 8.07. The molecule has 1 aliphatic rings. The number of carbonyl (C=O) groups is 2. The van der Waals surface area contributed by atoms with E-state index < -0.39 is 6.04 Å². The number of nitrogens with one attached hydrogen (secondary N) is 1. The van der Waals surface area contributed by atoms with Crippen LogP contribution in [0.5, 0.6) is 0 Å². The molecule has 0 aliphatic carbocycles. The number of carbonyl (C=O) groups excluding carboxylic acids is 2. The number of furan rings is 1. The quantitative estimate of drug-likeness (QED) is 0.541. The Bertz CT molecular complexity index is 1020. The van der Waals surface area contributed by atoms with Crippen molar-refractivity contribution in [2.24, 2.45) is 11.5 Å². The molecule has 3 atom stereocenters. The van der Waals surface area contributed by atoms with Gasteiger partial charge >= 0.3 is 0 Å². The molecule has 1 fully saturated rings. The van der Waals surface area contributed by atoms with Gasteiger partial charge in [-0.2, -0.15) is 0 Å². The van der Waals surface area contributed by atoms with Crippen molar-refractivity contribution in [1.82, 2.24) is 10.2 Å². The number of rotatable bonds is 7. The number of benzene rings is 2. The summed E-state index contributed by atoms with van der Waals surface area (Å²) in [6, 6.07) is 18.3. The van der Waals surface area contributed by atoms with Gasteiger partial charge in [0.25, 0.3) is 5.91 Å². The minimum absolute atomic E-state index is 0.161. The number of aryl methyl sites for hydroxylation is 1. The molecule has 2 heterocycles. The minimum Gasteiger partial charge on any atom is -0.451 e. The molecule has 7 heteroatoms. The predicted molar refractivity (Wildman–Crippen MR) is 119 cm³/mol. The predicted octanol–water partition coefficient (Wildman–Crippen LogP) is 2.05. The third-order valence-electron chi connectivity index (χ3n) is 5.85. The lowest BCUT2D eigenvalue weighted by Gasteiger charge is -2.22. The topological polar surface area (TPSA) is 115 Å². The van der Waals surface area contributed by atoms with Crippen molar-refractivity contribution in [3.05, 3.63) is 72.0 Å². The van der Waals surface area contributed by atoms with Crippen LogP contribution in [0.1, 0.15) is 29.0 Å². The molecule has 4 rings (SSSR count). The molecule has 1 aromatic heterocycles. The van der Waals surface area contributed by atoms with Gasteiger partial charge in [-0.1, -0.05) is 48.5 Å².